The lowest BCUT2D eigenvalue weighted by Gasteiger charge is -2.38. The topological polar surface area (TPSA) is 52.6 Å². The Hall–Kier alpha value is -2.63. The number of hydrogen-bond acceptors (Lipinski definition) is 5. The highest BCUT2D eigenvalue weighted by Gasteiger charge is 2.31. The normalized spacial score (nSPS) is 19.0. The average Bonchev–Trinajstić information content (AvgIpc) is 2.80. The molecule has 0 saturated carbocycles. The lowest BCUT2D eigenvalue weighted by Crippen LogP contribution is -2.51. The number of benzene rings is 1. The minimum Gasteiger partial charge on any atom is -0.368 e. The van der Waals surface area contributed by atoms with Crippen molar-refractivity contribution in [3.8, 4) is 0 Å². The maximum Gasteiger partial charge on any atom is 0.226 e. The van der Waals surface area contributed by atoms with E-state index in [1.54, 1.807) is 0 Å². The van der Waals surface area contributed by atoms with Crippen molar-refractivity contribution in [3.63, 3.8) is 0 Å². The maximum atomic E-state index is 13.1. The van der Waals surface area contributed by atoms with Gasteiger partial charge < -0.3 is 14.7 Å². The molecule has 1 aromatic heterocycles. The lowest BCUT2D eigenvalue weighted by molar-refractivity contribution is -0.136. The number of nitrogens with zero attached hydrogens (tertiary/aromatic N) is 5. The molecule has 2 aromatic rings. The van der Waals surface area contributed by atoms with Crippen molar-refractivity contribution >= 4 is 17.5 Å². The van der Waals surface area contributed by atoms with Crippen LogP contribution in [-0.4, -0.2) is 60.0 Å². The van der Waals surface area contributed by atoms with Crippen LogP contribution in [-0.2, 0) is 17.6 Å². The minimum absolute atomic E-state index is 0.0636. The van der Waals surface area contributed by atoms with Gasteiger partial charge in [-0.2, -0.15) is 0 Å². The minimum atomic E-state index is 0.0636. The molecular formula is C23H31N5O. The third kappa shape index (κ3) is 4.21. The molecule has 1 aliphatic carbocycles. The molecule has 2 aliphatic rings. The van der Waals surface area contributed by atoms with Crippen molar-refractivity contribution < 1.29 is 4.79 Å². The van der Waals surface area contributed by atoms with E-state index in [2.05, 4.69) is 57.8 Å². The maximum absolute atomic E-state index is 13.1. The summed E-state index contributed by atoms with van der Waals surface area (Å²) >= 11 is 0. The van der Waals surface area contributed by atoms with E-state index in [0.717, 1.165) is 75.7 Å². The fraction of sp³-hybridized carbons (Fsp3) is 0.522. The molecule has 1 amide bonds. The Morgan fingerprint density at radius 2 is 1.83 bits per heavy atom. The van der Waals surface area contributed by atoms with E-state index in [1.807, 2.05) is 12.3 Å². The summed E-state index contributed by atoms with van der Waals surface area (Å²) in [5.41, 5.74) is 3.51. The van der Waals surface area contributed by atoms with Gasteiger partial charge >= 0.3 is 0 Å². The SMILES string of the molecule is CCN(CC)c1ncc2c(n1)CCC(C(=O)N1CCN(c3ccccc3)CC1)C2. The van der Waals surface area contributed by atoms with Crippen LogP contribution in [0.25, 0.3) is 0 Å². The molecule has 1 unspecified atom stereocenters. The molecule has 0 radical (unpaired) electrons. The van der Waals surface area contributed by atoms with Gasteiger partial charge in [-0.25, -0.2) is 9.97 Å². The van der Waals surface area contributed by atoms with Gasteiger partial charge in [-0.1, -0.05) is 18.2 Å². The zero-order chi connectivity index (χ0) is 20.2. The number of aromatic nitrogens is 2. The van der Waals surface area contributed by atoms with Crippen molar-refractivity contribution in [1.82, 2.24) is 14.9 Å². The molecule has 1 aliphatic heterocycles. The van der Waals surface area contributed by atoms with Crippen LogP contribution in [0.1, 0.15) is 31.5 Å². The van der Waals surface area contributed by atoms with Gasteiger partial charge in [-0.3, -0.25) is 4.79 Å². The van der Waals surface area contributed by atoms with E-state index in [4.69, 9.17) is 4.98 Å². The van der Waals surface area contributed by atoms with Gasteiger partial charge in [0.2, 0.25) is 11.9 Å². The van der Waals surface area contributed by atoms with E-state index in [0.29, 0.717) is 5.91 Å². The smallest absolute Gasteiger partial charge is 0.226 e. The van der Waals surface area contributed by atoms with Crippen LogP contribution in [0.15, 0.2) is 36.5 Å². The molecule has 1 aromatic carbocycles. The molecule has 6 nitrogen and oxygen atoms in total. The van der Waals surface area contributed by atoms with Crippen LogP contribution >= 0.6 is 0 Å². The van der Waals surface area contributed by atoms with Crippen LogP contribution in [0, 0.1) is 5.92 Å². The highest BCUT2D eigenvalue weighted by molar-refractivity contribution is 5.80. The molecule has 1 saturated heterocycles. The van der Waals surface area contributed by atoms with E-state index in [1.165, 1.54) is 5.69 Å². The van der Waals surface area contributed by atoms with Crippen LogP contribution in [0.3, 0.4) is 0 Å². The first-order chi connectivity index (χ1) is 14.2. The average molecular weight is 394 g/mol. The van der Waals surface area contributed by atoms with Crippen molar-refractivity contribution in [1.29, 1.82) is 0 Å². The number of amides is 1. The number of aryl methyl sites for hydroxylation is 1. The van der Waals surface area contributed by atoms with E-state index < -0.39 is 0 Å². The molecule has 1 atom stereocenters. The van der Waals surface area contributed by atoms with Gasteiger partial charge in [0, 0.05) is 62.8 Å². The number of anilines is 2. The molecule has 0 spiro atoms. The number of rotatable bonds is 5. The van der Waals surface area contributed by atoms with Crippen molar-refractivity contribution in [3.05, 3.63) is 47.8 Å². The van der Waals surface area contributed by atoms with E-state index in [9.17, 15) is 4.79 Å². The summed E-state index contributed by atoms with van der Waals surface area (Å²) in [5.74, 6) is 1.18. The summed E-state index contributed by atoms with van der Waals surface area (Å²) in [4.78, 5) is 29.1. The molecule has 154 valence electrons. The van der Waals surface area contributed by atoms with Crippen LogP contribution in [0.4, 0.5) is 11.6 Å². The zero-order valence-corrected chi connectivity index (χ0v) is 17.5. The molecule has 2 heterocycles. The monoisotopic (exact) mass is 393 g/mol. The predicted molar refractivity (Wildman–Crippen MR) is 116 cm³/mol. The zero-order valence-electron chi connectivity index (χ0n) is 17.5. The van der Waals surface area contributed by atoms with Crippen LogP contribution in [0.2, 0.25) is 0 Å². The second-order valence-electron chi connectivity index (χ2n) is 7.90. The fourth-order valence-corrected chi connectivity index (χ4v) is 4.45. The third-order valence-corrected chi connectivity index (χ3v) is 6.25. The Balaban J connectivity index is 1.36. The van der Waals surface area contributed by atoms with Crippen LogP contribution < -0.4 is 9.80 Å². The molecule has 4 rings (SSSR count). The molecule has 1 fully saturated rings. The second-order valence-corrected chi connectivity index (χ2v) is 7.90. The van der Waals surface area contributed by atoms with Crippen molar-refractivity contribution in [2.45, 2.75) is 33.1 Å². The molecule has 29 heavy (non-hydrogen) atoms. The highest BCUT2D eigenvalue weighted by atomic mass is 16.2. The summed E-state index contributed by atoms with van der Waals surface area (Å²) in [6.45, 7) is 9.46. The van der Waals surface area contributed by atoms with Gasteiger partial charge in [0.25, 0.3) is 0 Å². The third-order valence-electron chi connectivity index (χ3n) is 6.25. The summed E-state index contributed by atoms with van der Waals surface area (Å²) in [5, 5.41) is 0. The van der Waals surface area contributed by atoms with Gasteiger partial charge in [0.15, 0.2) is 0 Å². The van der Waals surface area contributed by atoms with Gasteiger partial charge in [-0.15, -0.1) is 0 Å². The fourth-order valence-electron chi connectivity index (χ4n) is 4.45. The van der Waals surface area contributed by atoms with E-state index >= 15 is 0 Å². The van der Waals surface area contributed by atoms with Crippen molar-refractivity contribution in [2.75, 3.05) is 49.1 Å². The number of hydrogen-bond donors (Lipinski definition) is 0. The van der Waals surface area contributed by atoms with Crippen LogP contribution in [0.5, 0.6) is 0 Å². The van der Waals surface area contributed by atoms with Crippen molar-refractivity contribution in [2.24, 2.45) is 5.92 Å². The first kappa shape index (κ1) is 19.7. The van der Waals surface area contributed by atoms with Gasteiger partial charge in [0.1, 0.15) is 0 Å². The molecular weight excluding hydrogens is 362 g/mol. The number of carbonyl (C=O) groups is 1. The lowest BCUT2D eigenvalue weighted by atomic mass is 9.86. The Bertz CT molecular complexity index is 828. The predicted octanol–water partition coefficient (Wildman–Crippen LogP) is 2.78. The molecule has 0 N–H and O–H groups in total. The number of piperazine rings is 1. The Kier molecular flexibility index (Phi) is 5.97. The quantitative estimate of drug-likeness (QED) is 0.782. The second kappa shape index (κ2) is 8.80. The largest absolute Gasteiger partial charge is 0.368 e. The number of carbonyl (C=O) groups excluding carboxylic acids is 1. The Morgan fingerprint density at radius 1 is 1.10 bits per heavy atom. The first-order valence-electron chi connectivity index (χ1n) is 10.9. The Morgan fingerprint density at radius 3 is 2.52 bits per heavy atom. The van der Waals surface area contributed by atoms with E-state index in [-0.39, 0.29) is 5.92 Å². The standard InChI is InChI=1S/C23H31N5O/c1-3-26(4-2)23-24-17-19-16-18(10-11-21(19)25-23)22(29)28-14-12-27(13-15-28)20-8-6-5-7-9-20/h5-9,17-18H,3-4,10-16H2,1-2H3. The summed E-state index contributed by atoms with van der Waals surface area (Å²) in [6, 6.07) is 10.5. The van der Waals surface area contributed by atoms with Gasteiger partial charge in [-0.05, 0) is 50.8 Å². The number of fused-ring (bicyclic) bond motifs is 1. The first-order valence-corrected chi connectivity index (χ1v) is 10.9. The molecule has 6 heteroatoms. The Labute approximate surface area is 173 Å². The van der Waals surface area contributed by atoms with Gasteiger partial charge in [0.05, 0.1) is 0 Å². The number of para-hydroxylation sites is 1. The molecule has 0 bridgehead atoms. The highest BCUT2D eigenvalue weighted by Crippen LogP contribution is 2.27. The summed E-state index contributed by atoms with van der Waals surface area (Å²) < 4.78 is 0. The summed E-state index contributed by atoms with van der Waals surface area (Å²) in [7, 11) is 0. The summed E-state index contributed by atoms with van der Waals surface area (Å²) in [6.07, 6.45) is 4.47.